The first-order chi connectivity index (χ1) is 9.04. The van der Waals surface area contributed by atoms with Crippen LogP contribution in [-0.4, -0.2) is 35.6 Å². The van der Waals surface area contributed by atoms with Crippen LogP contribution < -0.4 is 0 Å². The van der Waals surface area contributed by atoms with E-state index < -0.39 is 5.97 Å². The molecule has 19 heavy (non-hydrogen) atoms. The van der Waals surface area contributed by atoms with Crippen molar-refractivity contribution in [3.05, 3.63) is 33.8 Å². The first-order valence-corrected chi connectivity index (χ1v) is 7.17. The summed E-state index contributed by atoms with van der Waals surface area (Å²) in [6.45, 7) is 3.66. The number of nitrogens with zero attached hydrogens (tertiary/aromatic N) is 1. The number of aliphatic carboxylic acids is 1. The zero-order valence-electron chi connectivity index (χ0n) is 11.0. The van der Waals surface area contributed by atoms with Gasteiger partial charge in [-0.2, -0.15) is 0 Å². The van der Waals surface area contributed by atoms with Crippen LogP contribution >= 0.6 is 23.2 Å². The summed E-state index contributed by atoms with van der Waals surface area (Å²) in [4.78, 5) is 12.7. The monoisotopic (exact) mass is 303 g/mol. The molecule has 0 aliphatic rings. The van der Waals surface area contributed by atoms with Crippen LogP contribution in [0.3, 0.4) is 0 Å². The van der Waals surface area contributed by atoms with E-state index in [1.54, 1.807) is 0 Å². The molecule has 1 N–H and O–H groups in total. The fourth-order valence-corrected chi connectivity index (χ4v) is 2.61. The third kappa shape index (κ3) is 5.81. The lowest BCUT2D eigenvalue weighted by atomic mass is 10.1. The number of carboxylic acids is 1. The van der Waals surface area contributed by atoms with Gasteiger partial charge in [0.05, 0.1) is 6.54 Å². The molecule has 0 fully saturated rings. The number of carboxylic acid groups (broad SMARTS) is 1. The minimum Gasteiger partial charge on any atom is -0.480 e. The first kappa shape index (κ1) is 16.3. The van der Waals surface area contributed by atoms with E-state index in [-0.39, 0.29) is 6.54 Å². The lowest BCUT2D eigenvalue weighted by Gasteiger charge is -2.19. The first-order valence-electron chi connectivity index (χ1n) is 6.41. The maximum atomic E-state index is 10.7. The molecule has 0 radical (unpaired) electrons. The van der Waals surface area contributed by atoms with Crippen LogP contribution in [0.2, 0.25) is 10.0 Å². The average Bonchev–Trinajstić information content (AvgIpc) is 2.32. The average molecular weight is 304 g/mol. The van der Waals surface area contributed by atoms with Gasteiger partial charge in [0, 0.05) is 10.0 Å². The third-order valence-corrected chi connectivity index (χ3v) is 3.57. The highest BCUT2D eigenvalue weighted by Gasteiger charge is 2.10. The van der Waals surface area contributed by atoms with Crippen LogP contribution in [-0.2, 0) is 11.2 Å². The van der Waals surface area contributed by atoms with Crippen molar-refractivity contribution in [2.45, 2.75) is 26.2 Å². The smallest absolute Gasteiger partial charge is 0.317 e. The van der Waals surface area contributed by atoms with E-state index in [9.17, 15) is 4.79 Å². The van der Waals surface area contributed by atoms with Gasteiger partial charge in [-0.1, -0.05) is 36.2 Å². The standard InChI is InChI=1S/C14H19Cl2NO2/c1-2-8-17(10-14(18)19)9-4-5-11-12(15)6-3-7-13(11)16/h3,6-7H,2,4-5,8-10H2,1H3,(H,18,19). The van der Waals surface area contributed by atoms with Crippen molar-refractivity contribution in [2.75, 3.05) is 19.6 Å². The molecule has 0 aromatic heterocycles. The molecule has 0 aliphatic carbocycles. The number of hydrogen-bond donors (Lipinski definition) is 1. The van der Waals surface area contributed by atoms with Gasteiger partial charge in [-0.25, -0.2) is 0 Å². The van der Waals surface area contributed by atoms with Gasteiger partial charge in [-0.05, 0) is 50.0 Å². The van der Waals surface area contributed by atoms with E-state index in [1.807, 2.05) is 30.0 Å². The maximum absolute atomic E-state index is 10.7. The van der Waals surface area contributed by atoms with Gasteiger partial charge in [0.15, 0.2) is 0 Å². The zero-order chi connectivity index (χ0) is 14.3. The summed E-state index contributed by atoms with van der Waals surface area (Å²) in [6, 6.07) is 5.47. The van der Waals surface area contributed by atoms with E-state index in [4.69, 9.17) is 28.3 Å². The van der Waals surface area contributed by atoms with E-state index >= 15 is 0 Å². The van der Waals surface area contributed by atoms with Crippen LogP contribution in [0.4, 0.5) is 0 Å². The maximum Gasteiger partial charge on any atom is 0.317 e. The molecule has 0 spiro atoms. The highest BCUT2D eigenvalue weighted by atomic mass is 35.5. The lowest BCUT2D eigenvalue weighted by Crippen LogP contribution is -2.31. The summed E-state index contributed by atoms with van der Waals surface area (Å²) in [5, 5.41) is 10.2. The molecule has 1 aromatic carbocycles. The molecule has 0 unspecified atom stereocenters. The van der Waals surface area contributed by atoms with Gasteiger partial charge in [0.2, 0.25) is 0 Å². The Morgan fingerprint density at radius 1 is 1.26 bits per heavy atom. The summed E-state index contributed by atoms with van der Waals surface area (Å²) in [7, 11) is 0. The largest absolute Gasteiger partial charge is 0.480 e. The predicted molar refractivity (Wildman–Crippen MR) is 79.1 cm³/mol. The Morgan fingerprint density at radius 3 is 2.42 bits per heavy atom. The van der Waals surface area contributed by atoms with Crippen molar-refractivity contribution < 1.29 is 9.90 Å². The summed E-state index contributed by atoms with van der Waals surface area (Å²) in [5.74, 6) is -0.788. The molecular weight excluding hydrogens is 285 g/mol. The van der Waals surface area contributed by atoms with Gasteiger partial charge in [0.25, 0.3) is 0 Å². The fourth-order valence-electron chi connectivity index (χ4n) is 2.03. The second-order valence-electron chi connectivity index (χ2n) is 4.47. The van der Waals surface area contributed by atoms with Crippen molar-refractivity contribution in [1.82, 2.24) is 4.90 Å². The highest BCUT2D eigenvalue weighted by Crippen LogP contribution is 2.25. The minimum absolute atomic E-state index is 0.0874. The van der Waals surface area contributed by atoms with E-state index in [2.05, 4.69) is 0 Å². The summed E-state index contributed by atoms with van der Waals surface area (Å²) in [6.07, 6.45) is 2.55. The van der Waals surface area contributed by atoms with Crippen LogP contribution in [0.5, 0.6) is 0 Å². The van der Waals surface area contributed by atoms with E-state index in [0.29, 0.717) is 10.0 Å². The minimum atomic E-state index is -0.788. The van der Waals surface area contributed by atoms with Gasteiger partial charge in [-0.15, -0.1) is 0 Å². The van der Waals surface area contributed by atoms with E-state index in [1.165, 1.54) is 0 Å². The molecule has 1 aromatic rings. The third-order valence-electron chi connectivity index (χ3n) is 2.86. The van der Waals surface area contributed by atoms with Crippen LogP contribution in [0.1, 0.15) is 25.3 Å². The van der Waals surface area contributed by atoms with Crippen molar-refractivity contribution in [1.29, 1.82) is 0 Å². The number of benzene rings is 1. The topological polar surface area (TPSA) is 40.5 Å². The molecule has 3 nitrogen and oxygen atoms in total. The number of rotatable bonds is 8. The molecule has 5 heteroatoms. The second-order valence-corrected chi connectivity index (χ2v) is 5.29. The quantitative estimate of drug-likeness (QED) is 0.795. The number of carbonyl (C=O) groups is 1. The molecule has 106 valence electrons. The molecule has 0 atom stereocenters. The van der Waals surface area contributed by atoms with Crippen LogP contribution in [0, 0.1) is 0 Å². The Kier molecular flexibility index (Phi) is 7.21. The Labute approximate surface area is 124 Å². The molecule has 0 heterocycles. The molecule has 0 saturated carbocycles. The molecule has 0 aliphatic heterocycles. The fraction of sp³-hybridized carbons (Fsp3) is 0.500. The second kappa shape index (κ2) is 8.41. The number of hydrogen-bond acceptors (Lipinski definition) is 2. The Bertz CT molecular complexity index is 404. The van der Waals surface area contributed by atoms with Crippen LogP contribution in [0.15, 0.2) is 18.2 Å². The summed E-state index contributed by atoms with van der Waals surface area (Å²) < 4.78 is 0. The van der Waals surface area contributed by atoms with Gasteiger partial charge < -0.3 is 5.11 Å². The summed E-state index contributed by atoms with van der Waals surface area (Å²) >= 11 is 12.2. The Morgan fingerprint density at radius 2 is 1.89 bits per heavy atom. The Balaban J connectivity index is 2.49. The van der Waals surface area contributed by atoms with Crippen molar-refractivity contribution in [2.24, 2.45) is 0 Å². The molecule has 0 saturated heterocycles. The van der Waals surface area contributed by atoms with Gasteiger partial charge in [-0.3, -0.25) is 9.69 Å². The Hall–Kier alpha value is -0.770. The van der Waals surface area contributed by atoms with Gasteiger partial charge >= 0.3 is 5.97 Å². The molecule has 0 amide bonds. The molecular formula is C14H19Cl2NO2. The van der Waals surface area contributed by atoms with Crippen LogP contribution in [0.25, 0.3) is 0 Å². The zero-order valence-corrected chi connectivity index (χ0v) is 12.5. The van der Waals surface area contributed by atoms with Crippen molar-refractivity contribution in [3.8, 4) is 0 Å². The van der Waals surface area contributed by atoms with E-state index in [0.717, 1.165) is 37.9 Å². The number of halogens is 2. The summed E-state index contributed by atoms with van der Waals surface area (Å²) in [5.41, 5.74) is 0.942. The molecule has 1 rings (SSSR count). The SMILES string of the molecule is CCCN(CCCc1c(Cl)cccc1Cl)CC(=O)O. The van der Waals surface area contributed by atoms with Gasteiger partial charge in [0.1, 0.15) is 0 Å². The predicted octanol–water partition coefficient (Wildman–Crippen LogP) is 3.72. The molecule has 0 bridgehead atoms. The van der Waals surface area contributed by atoms with Crippen molar-refractivity contribution >= 4 is 29.2 Å². The normalized spacial score (nSPS) is 10.9. The highest BCUT2D eigenvalue weighted by molar-refractivity contribution is 6.35. The lowest BCUT2D eigenvalue weighted by molar-refractivity contribution is -0.138. The van der Waals surface area contributed by atoms with Crippen molar-refractivity contribution in [3.63, 3.8) is 0 Å².